The molecule has 1 aliphatic rings. The standard InChI is InChI=1S/C19H24ClN5O2/c1-13-11-14(2)17(15(20)12-13)24-18(26)16-3-4-21-19(23-16)22-5-6-25-7-9-27-10-8-25/h3-4,11-12H,5-10H2,1-2H3,(H,24,26)(H,21,22,23). The maximum atomic E-state index is 12.6. The Morgan fingerprint density at radius 3 is 2.81 bits per heavy atom. The summed E-state index contributed by atoms with van der Waals surface area (Å²) in [5.41, 5.74) is 2.85. The number of aryl methyl sites for hydroxylation is 2. The number of nitrogens with zero attached hydrogens (tertiary/aromatic N) is 3. The van der Waals surface area contributed by atoms with Crippen LogP contribution in [0.5, 0.6) is 0 Å². The number of ether oxygens (including phenoxy) is 1. The van der Waals surface area contributed by atoms with Gasteiger partial charge in [-0.2, -0.15) is 0 Å². The Labute approximate surface area is 164 Å². The molecule has 0 unspecified atom stereocenters. The van der Waals surface area contributed by atoms with E-state index < -0.39 is 0 Å². The van der Waals surface area contributed by atoms with E-state index in [1.165, 1.54) is 0 Å². The monoisotopic (exact) mass is 389 g/mol. The van der Waals surface area contributed by atoms with Gasteiger partial charge in [0.05, 0.1) is 23.9 Å². The zero-order valence-electron chi connectivity index (χ0n) is 15.6. The summed E-state index contributed by atoms with van der Waals surface area (Å²) in [5.74, 6) is 0.116. The third kappa shape index (κ3) is 5.38. The second-order valence-electron chi connectivity index (χ2n) is 6.54. The number of hydrogen-bond acceptors (Lipinski definition) is 6. The molecule has 2 aromatic rings. The molecular weight excluding hydrogens is 366 g/mol. The molecule has 1 amide bonds. The van der Waals surface area contributed by atoms with E-state index >= 15 is 0 Å². The van der Waals surface area contributed by atoms with Crippen LogP contribution in [0, 0.1) is 13.8 Å². The minimum absolute atomic E-state index is 0.287. The number of amides is 1. The van der Waals surface area contributed by atoms with Gasteiger partial charge in [0.15, 0.2) is 0 Å². The van der Waals surface area contributed by atoms with Gasteiger partial charge in [-0.05, 0) is 37.1 Å². The molecule has 1 saturated heterocycles. The van der Waals surface area contributed by atoms with Crippen molar-refractivity contribution >= 4 is 29.1 Å². The van der Waals surface area contributed by atoms with Crippen molar-refractivity contribution < 1.29 is 9.53 Å². The van der Waals surface area contributed by atoms with E-state index in [1.54, 1.807) is 12.3 Å². The molecule has 0 bridgehead atoms. The molecule has 0 radical (unpaired) electrons. The molecule has 0 spiro atoms. The van der Waals surface area contributed by atoms with Crippen molar-refractivity contribution in [2.24, 2.45) is 0 Å². The third-order valence-corrected chi connectivity index (χ3v) is 4.67. The fourth-order valence-electron chi connectivity index (χ4n) is 2.97. The second kappa shape index (κ2) is 9.12. The SMILES string of the molecule is Cc1cc(C)c(NC(=O)c2ccnc(NCCN3CCOCC3)n2)c(Cl)c1. The van der Waals surface area contributed by atoms with Gasteiger partial charge in [-0.25, -0.2) is 9.97 Å². The van der Waals surface area contributed by atoms with E-state index in [9.17, 15) is 4.79 Å². The molecule has 1 aromatic carbocycles. The van der Waals surface area contributed by atoms with Gasteiger partial charge in [0.1, 0.15) is 5.69 Å². The first-order valence-corrected chi connectivity index (χ1v) is 9.36. The van der Waals surface area contributed by atoms with Crippen LogP contribution in [-0.4, -0.2) is 60.2 Å². The fourth-order valence-corrected chi connectivity index (χ4v) is 3.34. The quantitative estimate of drug-likeness (QED) is 0.790. The van der Waals surface area contributed by atoms with E-state index in [-0.39, 0.29) is 11.6 Å². The molecule has 0 atom stereocenters. The van der Waals surface area contributed by atoms with Crippen LogP contribution in [0.2, 0.25) is 5.02 Å². The normalized spacial score (nSPS) is 14.8. The molecule has 3 rings (SSSR count). The number of aromatic nitrogens is 2. The molecule has 0 saturated carbocycles. The van der Waals surface area contributed by atoms with Crippen molar-refractivity contribution in [3.05, 3.63) is 46.2 Å². The lowest BCUT2D eigenvalue weighted by Gasteiger charge is -2.26. The van der Waals surface area contributed by atoms with Gasteiger partial charge in [-0.1, -0.05) is 17.7 Å². The Morgan fingerprint density at radius 2 is 2.07 bits per heavy atom. The molecule has 27 heavy (non-hydrogen) atoms. The molecular formula is C19H24ClN5O2. The molecule has 144 valence electrons. The number of benzene rings is 1. The summed E-state index contributed by atoms with van der Waals surface area (Å²) in [6.45, 7) is 8.86. The summed E-state index contributed by atoms with van der Waals surface area (Å²) in [5, 5.41) is 6.53. The highest BCUT2D eigenvalue weighted by Crippen LogP contribution is 2.27. The van der Waals surface area contributed by atoms with Crippen molar-refractivity contribution in [3.8, 4) is 0 Å². The molecule has 1 aliphatic heterocycles. The summed E-state index contributed by atoms with van der Waals surface area (Å²) < 4.78 is 5.34. The number of halogens is 1. The molecule has 7 nitrogen and oxygen atoms in total. The smallest absolute Gasteiger partial charge is 0.274 e. The number of morpholine rings is 1. The molecule has 0 aliphatic carbocycles. The van der Waals surface area contributed by atoms with Crippen LogP contribution >= 0.6 is 11.6 Å². The van der Waals surface area contributed by atoms with Crippen molar-refractivity contribution in [2.75, 3.05) is 50.0 Å². The minimum Gasteiger partial charge on any atom is -0.379 e. The van der Waals surface area contributed by atoms with Gasteiger partial charge in [0.25, 0.3) is 5.91 Å². The Bertz CT molecular complexity index is 785. The molecule has 1 aromatic heterocycles. The minimum atomic E-state index is -0.317. The van der Waals surface area contributed by atoms with Crippen molar-refractivity contribution in [1.29, 1.82) is 0 Å². The van der Waals surface area contributed by atoms with Crippen LogP contribution in [0.25, 0.3) is 0 Å². The molecule has 2 heterocycles. The topological polar surface area (TPSA) is 79.4 Å². The van der Waals surface area contributed by atoms with Gasteiger partial charge >= 0.3 is 0 Å². The van der Waals surface area contributed by atoms with Crippen LogP contribution in [0.3, 0.4) is 0 Å². The maximum absolute atomic E-state index is 12.6. The number of nitrogens with one attached hydrogen (secondary N) is 2. The first-order chi connectivity index (χ1) is 13.0. The number of carbonyl (C=O) groups excluding carboxylic acids is 1. The van der Waals surface area contributed by atoms with Gasteiger partial charge in [0.2, 0.25) is 5.95 Å². The largest absolute Gasteiger partial charge is 0.379 e. The third-order valence-electron chi connectivity index (χ3n) is 4.37. The van der Waals surface area contributed by atoms with Gasteiger partial charge in [-0.15, -0.1) is 0 Å². The molecule has 1 fully saturated rings. The van der Waals surface area contributed by atoms with Crippen molar-refractivity contribution in [3.63, 3.8) is 0 Å². The lowest BCUT2D eigenvalue weighted by Crippen LogP contribution is -2.39. The Kier molecular flexibility index (Phi) is 6.60. The van der Waals surface area contributed by atoms with E-state index in [0.717, 1.165) is 44.0 Å². The van der Waals surface area contributed by atoms with Crippen LogP contribution in [-0.2, 0) is 4.74 Å². The highest BCUT2D eigenvalue weighted by Gasteiger charge is 2.14. The summed E-state index contributed by atoms with van der Waals surface area (Å²) in [6.07, 6.45) is 1.57. The van der Waals surface area contributed by atoms with Gasteiger partial charge < -0.3 is 15.4 Å². The van der Waals surface area contributed by atoms with Crippen molar-refractivity contribution in [1.82, 2.24) is 14.9 Å². The summed E-state index contributed by atoms with van der Waals surface area (Å²) in [4.78, 5) is 23.4. The van der Waals surface area contributed by atoms with E-state index in [1.807, 2.05) is 26.0 Å². The number of rotatable bonds is 6. The lowest BCUT2D eigenvalue weighted by atomic mass is 10.1. The van der Waals surface area contributed by atoms with E-state index in [4.69, 9.17) is 16.3 Å². The Balaban J connectivity index is 1.60. The van der Waals surface area contributed by atoms with Crippen LogP contribution < -0.4 is 10.6 Å². The maximum Gasteiger partial charge on any atom is 0.274 e. The van der Waals surface area contributed by atoms with Crippen LogP contribution in [0.15, 0.2) is 24.4 Å². The Hall–Kier alpha value is -2.22. The molecule has 8 heteroatoms. The zero-order chi connectivity index (χ0) is 19.2. The van der Waals surface area contributed by atoms with E-state index in [0.29, 0.717) is 23.2 Å². The molecule has 2 N–H and O–H groups in total. The van der Waals surface area contributed by atoms with Crippen LogP contribution in [0.1, 0.15) is 21.6 Å². The van der Waals surface area contributed by atoms with Gasteiger partial charge in [-0.3, -0.25) is 9.69 Å². The first kappa shape index (κ1) is 19.5. The first-order valence-electron chi connectivity index (χ1n) is 8.98. The summed E-state index contributed by atoms with van der Waals surface area (Å²) in [6, 6.07) is 5.38. The average molecular weight is 390 g/mol. The number of carbonyl (C=O) groups is 1. The Morgan fingerprint density at radius 1 is 1.30 bits per heavy atom. The fraction of sp³-hybridized carbons (Fsp3) is 0.421. The van der Waals surface area contributed by atoms with Crippen molar-refractivity contribution in [2.45, 2.75) is 13.8 Å². The summed E-state index contributed by atoms with van der Waals surface area (Å²) in [7, 11) is 0. The zero-order valence-corrected chi connectivity index (χ0v) is 16.3. The average Bonchev–Trinajstić information content (AvgIpc) is 2.65. The number of hydrogen-bond donors (Lipinski definition) is 2. The predicted molar refractivity (Wildman–Crippen MR) is 107 cm³/mol. The number of anilines is 2. The summed E-state index contributed by atoms with van der Waals surface area (Å²) >= 11 is 6.27. The van der Waals surface area contributed by atoms with Crippen LogP contribution in [0.4, 0.5) is 11.6 Å². The highest BCUT2D eigenvalue weighted by molar-refractivity contribution is 6.34. The van der Waals surface area contributed by atoms with E-state index in [2.05, 4.69) is 25.5 Å². The van der Waals surface area contributed by atoms with Gasteiger partial charge in [0, 0.05) is 32.4 Å². The lowest BCUT2D eigenvalue weighted by molar-refractivity contribution is 0.0398. The highest BCUT2D eigenvalue weighted by atomic mass is 35.5. The predicted octanol–water partition coefficient (Wildman–Crippen LogP) is 2.74. The second-order valence-corrected chi connectivity index (χ2v) is 6.95.